The van der Waals surface area contributed by atoms with Crippen molar-refractivity contribution in [2.24, 2.45) is 0 Å². The van der Waals surface area contributed by atoms with E-state index in [-0.39, 0.29) is 0 Å². The summed E-state index contributed by atoms with van der Waals surface area (Å²) >= 11 is 5.03. The van der Waals surface area contributed by atoms with Crippen molar-refractivity contribution in [3.63, 3.8) is 0 Å². The van der Waals surface area contributed by atoms with Gasteiger partial charge in [-0.25, -0.2) is 4.79 Å². The minimum absolute atomic E-state index is 0.736. The number of hydrogen-bond acceptors (Lipinski definition) is 3. The van der Waals surface area contributed by atoms with Crippen LogP contribution in [0.3, 0.4) is 0 Å². The van der Waals surface area contributed by atoms with E-state index in [0.717, 1.165) is 6.92 Å². The second-order valence-electron chi connectivity index (χ2n) is 2.23. The first-order chi connectivity index (χ1) is 4.91. The van der Waals surface area contributed by atoms with Crippen LogP contribution in [0.2, 0.25) is 0 Å². The van der Waals surface area contributed by atoms with Gasteiger partial charge in [0.25, 0.3) is 0 Å². The molecule has 0 aromatic heterocycles. The van der Waals surface area contributed by atoms with Crippen molar-refractivity contribution in [2.45, 2.75) is 18.6 Å². The number of carbonyl (C=O) groups excluding carboxylic acids is 1. The van der Waals surface area contributed by atoms with Gasteiger partial charge in [0.15, 0.2) is 0 Å². The average molecular weight is 187 g/mol. The summed E-state index contributed by atoms with van der Waals surface area (Å²) in [6, 6.07) is 0. The van der Waals surface area contributed by atoms with Crippen LogP contribution >= 0.6 is 11.6 Å². The third-order valence-electron chi connectivity index (χ3n) is 1.36. The van der Waals surface area contributed by atoms with Gasteiger partial charge in [0.2, 0.25) is 0 Å². The van der Waals surface area contributed by atoms with Crippen LogP contribution in [0.1, 0.15) is 6.92 Å². The first kappa shape index (κ1) is 8.52. The lowest BCUT2D eigenvalue weighted by molar-refractivity contribution is -0.189. The largest absolute Gasteiger partial charge is 0.514 e. The molecule has 0 aromatic rings. The van der Waals surface area contributed by atoms with Crippen molar-refractivity contribution in [3.8, 4) is 0 Å². The molecule has 64 valence electrons. The highest BCUT2D eigenvalue weighted by Gasteiger charge is 2.62. The number of hydrogen-bond donors (Lipinski definition) is 0. The van der Waals surface area contributed by atoms with Crippen LogP contribution in [-0.4, -0.2) is 23.7 Å². The van der Waals surface area contributed by atoms with E-state index in [1.165, 1.54) is 0 Å². The summed E-state index contributed by atoms with van der Waals surface area (Å²) < 4.78 is 33.6. The first-order valence-corrected chi connectivity index (χ1v) is 3.30. The molecule has 0 N–H and O–H groups in total. The van der Waals surface area contributed by atoms with Gasteiger partial charge in [0.05, 0.1) is 0 Å². The number of ether oxygens (including phenoxy) is 2. The van der Waals surface area contributed by atoms with Gasteiger partial charge in [-0.15, -0.1) is 11.6 Å². The molecule has 11 heavy (non-hydrogen) atoms. The number of cyclic esters (lactones) is 2. The Morgan fingerprint density at radius 3 is 2.27 bits per heavy atom. The second kappa shape index (κ2) is 2.20. The van der Waals surface area contributed by atoms with E-state index in [1.807, 2.05) is 0 Å². The molecule has 1 aliphatic heterocycles. The molecular formula is C5H5ClF2O3. The average Bonchev–Trinajstić information content (AvgIpc) is 2.03. The fourth-order valence-corrected chi connectivity index (χ4v) is 0.917. The van der Waals surface area contributed by atoms with E-state index in [1.54, 1.807) is 0 Å². The van der Waals surface area contributed by atoms with Gasteiger partial charge >= 0.3 is 17.9 Å². The summed E-state index contributed by atoms with van der Waals surface area (Å²) in [4.78, 5) is 10.3. The molecule has 1 saturated heterocycles. The maximum Gasteiger partial charge on any atom is 0.514 e. The van der Waals surface area contributed by atoms with Gasteiger partial charge in [0, 0.05) is 6.92 Å². The summed E-state index contributed by atoms with van der Waals surface area (Å²) in [6.45, 7) is 0.736. The summed E-state index contributed by atoms with van der Waals surface area (Å²) in [5, 5.41) is 0. The monoisotopic (exact) mass is 186 g/mol. The lowest BCUT2D eigenvalue weighted by Crippen LogP contribution is -2.43. The van der Waals surface area contributed by atoms with Crippen LogP contribution in [0.5, 0.6) is 0 Å². The SMILES string of the molecule is C[C@@]1(F)OC(=O)O[C@]1(F)CCl. The molecule has 3 nitrogen and oxygen atoms in total. The van der Waals surface area contributed by atoms with Crippen molar-refractivity contribution < 1.29 is 23.0 Å². The van der Waals surface area contributed by atoms with Crippen molar-refractivity contribution in [1.82, 2.24) is 0 Å². The predicted molar refractivity (Wildman–Crippen MR) is 31.6 cm³/mol. The molecule has 0 saturated carbocycles. The highest BCUT2D eigenvalue weighted by atomic mass is 35.5. The van der Waals surface area contributed by atoms with Gasteiger partial charge in [-0.3, -0.25) is 0 Å². The first-order valence-electron chi connectivity index (χ1n) is 2.77. The Bertz CT molecular complexity index is 196. The Morgan fingerprint density at radius 1 is 1.55 bits per heavy atom. The van der Waals surface area contributed by atoms with Crippen LogP contribution in [0.25, 0.3) is 0 Å². The fourth-order valence-electron chi connectivity index (χ4n) is 0.623. The van der Waals surface area contributed by atoms with E-state index in [9.17, 15) is 13.6 Å². The van der Waals surface area contributed by atoms with Crippen LogP contribution in [0.15, 0.2) is 0 Å². The highest BCUT2D eigenvalue weighted by Crippen LogP contribution is 2.40. The lowest BCUT2D eigenvalue weighted by atomic mass is 10.2. The standard InChI is InChI=1S/C5H5ClF2O3/c1-4(7)5(8,2-6)11-3(9)10-4/h2H2,1H3/t4-,5-/m1/s1. The molecule has 0 radical (unpaired) electrons. The topological polar surface area (TPSA) is 35.5 Å². The molecule has 1 fully saturated rings. The molecule has 1 heterocycles. The van der Waals surface area contributed by atoms with E-state index in [0.29, 0.717) is 0 Å². The normalized spacial score (nSPS) is 43.5. The third kappa shape index (κ3) is 1.13. The molecule has 0 aromatic carbocycles. The Hall–Kier alpha value is -0.580. The molecule has 2 atom stereocenters. The maximum atomic E-state index is 13.0. The zero-order chi connectivity index (χ0) is 8.70. The molecular weight excluding hydrogens is 182 g/mol. The number of alkyl halides is 3. The van der Waals surface area contributed by atoms with E-state index < -0.39 is 23.7 Å². The molecule has 1 rings (SSSR count). The second-order valence-corrected chi connectivity index (χ2v) is 2.50. The van der Waals surface area contributed by atoms with Crippen molar-refractivity contribution in [3.05, 3.63) is 0 Å². The molecule has 0 aliphatic carbocycles. The van der Waals surface area contributed by atoms with Crippen LogP contribution in [0, 0.1) is 0 Å². The van der Waals surface area contributed by atoms with E-state index in [4.69, 9.17) is 11.6 Å². The summed E-state index contributed by atoms with van der Waals surface area (Å²) in [6.07, 6.45) is -1.39. The number of carbonyl (C=O) groups is 1. The highest BCUT2D eigenvalue weighted by molar-refractivity contribution is 6.18. The fraction of sp³-hybridized carbons (Fsp3) is 0.800. The molecule has 0 spiro atoms. The zero-order valence-corrected chi connectivity index (χ0v) is 6.32. The summed E-state index contributed by atoms with van der Waals surface area (Å²) in [7, 11) is 0. The molecule has 0 unspecified atom stereocenters. The third-order valence-corrected chi connectivity index (χ3v) is 1.70. The van der Waals surface area contributed by atoms with Crippen molar-refractivity contribution in [1.29, 1.82) is 0 Å². The van der Waals surface area contributed by atoms with E-state index >= 15 is 0 Å². The van der Waals surface area contributed by atoms with Gasteiger partial charge in [-0.1, -0.05) is 0 Å². The Kier molecular flexibility index (Phi) is 1.70. The lowest BCUT2D eigenvalue weighted by Gasteiger charge is -2.21. The molecule has 0 amide bonds. The van der Waals surface area contributed by atoms with Gasteiger partial charge < -0.3 is 9.47 Å². The Balaban J connectivity index is 2.89. The zero-order valence-electron chi connectivity index (χ0n) is 5.57. The van der Waals surface area contributed by atoms with Crippen molar-refractivity contribution >= 4 is 17.8 Å². The summed E-state index contributed by atoms with van der Waals surface area (Å²) in [5.41, 5.74) is 0. The minimum Gasteiger partial charge on any atom is -0.390 e. The minimum atomic E-state index is -2.87. The molecule has 1 aliphatic rings. The number of rotatable bonds is 1. The van der Waals surface area contributed by atoms with Gasteiger partial charge in [-0.2, -0.15) is 8.78 Å². The Morgan fingerprint density at radius 2 is 2.09 bits per heavy atom. The van der Waals surface area contributed by atoms with Crippen LogP contribution in [0.4, 0.5) is 13.6 Å². The van der Waals surface area contributed by atoms with Gasteiger partial charge in [-0.05, 0) is 0 Å². The van der Waals surface area contributed by atoms with Crippen LogP contribution < -0.4 is 0 Å². The predicted octanol–water partition coefficient (Wildman–Crippen LogP) is 1.74. The molecule has 0 bridgehead atoms. The van der Waals surface area contributed by atoms with E-state index in [2.05, 4.69) is 9.47 Å². The van der Waals surface area contributed by atoms with Gasteiger partial charge in [0.1, 0.15) is 5.88 Å². The van der Waals surface area contributed by atoms with Crippen LogP contribution in [-0.2, 0) is 9.47 Å². The van der Waals surface area contributed by atoms with Crippen molar-refractivity contribution in [2.75, 3.05) is 5.88 Å². The quantitative estimate of drug-likeness (QED) is 0.462. The maximum absolute atomic E-state index is 13.0. The number of halogens is 3. The molecule has 6 heteroatoms. The summed E-state index contributed by atoms with van der Waals surface area (Å²) in [5.74, 6) is -6.47. The Labute approximate surface area is 66.2 Å². The smallest absolute Gasteiger partial charge is 0.390 e.